The molecule has 1 aromatic rings. The number of quaternary nitrogens is 1. The molecule has 44 heavy (non-hydrogen) atoms. The second-order valence-electron chi connectivity index (χ2n) is 10.3. The lowest BCUT2D eigenvalue weighted by Gasteiger charge is -2.24. The van der Waals surface area contributed by atoms with Gasteiger partial charge in [0.2, 0.25) is 0 Å². The fraction of sp³-hybridized carbons (Fsp3) is 0.833. The topological polar surface area (TPSA) is 92.3 Å². The van der Waals surface area contributed by atoms with Gasteiger partial charge in [0.25, 0.3) is 0 Å². The Balaban J connectivity index is -0.0000000973. The van der Waals surface area contributed by atoms with E-state index in [-0.39, 0.29) is 5.60 Å². The zero-order valence-corrected chi connectivity index (χ0v) is 32.6. The predicted octanol–water partition coefficient (Wildman–Crippen LogP) is 8.04. The summed E-state index contributed by atoms with van der Waals surface area (Å²) in [7, 11) is 12.0. The summed E-state index contributed by atoms with van der Waals surface area (Å²) >= 11 is 0. The smallest absolute Gasteiger partial charge is 0.121 e. The lowest BCUT2D eigenvalue weighted by molar-refractivity contribution is -0.420. The molecular formula is C36H80NO7+. The Morgan fingerprint density at radius 2 is 1.23 bits per heavy atom. The minimum Gasteiger partial charge on any atom is -0.496 e. The summed E-state index contributed by atoms with van der Waals surface area (Å²) in [4.78, 5) is 0. The molecular weight excluding hydrogens is 558 g/mol. The molecule has 1 rings (SSSR count). The van der Waals surface area contributed by atoms with Crippen LogP contribution in [0.15, 0.2) is 24.3 Å². The molecule has 0 amide bonds. The molecule has 8 heteroatoms. The van der Waals surface area contributed by atoms with Gasteiger partial charge >= 0.3 is 0 Å². The van der Waals surface area contributed by atoms with Crippen molar-refractivity contribution in [2.75, 3.05) is 76.2 Å². The third-order valence-corrected chi connectivity index (χ3v) is 6.13. The molecule has 0 aliphatic carbocycles. The quantitative estimate of drug-likeness (QED) is 0.206. The van der Waals surface area contributed by atoms with Gasteiger partial charge < -0.3 is 38.9 Å². The van der Waals surface area contributed by atoms with Crippen LogP contribution in [0.1, 0.15) is 106 Å². The van der Waals surface area contributed by atoms with Gasteiger partial charge in [-0.3, -0.25) is 0 Å². The van der Waals surface area contributed by atoms with Crippen LogP contribution in [0.5, 0.6) is 5.75 Å². The highest BCUT2D eigenvalue weighted by Gasteiger charge is 2.16. The molecule has 1 aromatic carbocycles. The molecule has 0 bridgehead atoms. The zero-order chi connectivity index (χ0) is 35.7. The Kier molecular flexibility index (Phi) is 61.0. The van der Waals surface area contributed by atoms with E-state index in [1.165, 1.54) is 18.4 Å². The molecule has 0 radical (unpaired) electrons. The summed E-state index contributed by atoms with van der Waals surface area (Å²) in [6, 6.07) is 8.37. The van der Waals surface area contributed by atoms with Crippen LogP contribution in [0.2, 0.25) is 0 Å². The predicted molar refractivity (Wildman–Crippen MR) is 191 cm³/mol. The van der Waals surface area contributed by atoms with Gasteiger partial charge in [-0.25, -0.2) is 0 Å². The molecule has 0 saturated heterocycles. The second kappa shape index (κ2) is 48.6. The van der Waals surface area contributed by atoms with Gasteiger partial charge in [0.05, 0.1) is 25.4 Å². The van der Waals surface area contributed by atoms with Crippen LogP contribution in [-0.2, 0) is 28.4 Å². The van der Waals surface area contributed by atoms with Crippen LogP contribution in [-0.4, -0.2) is 93.9 Å². The molecule has 0 fully saturated rings. The number of aryl methyl sites for hydroxylation is 1. The van der Waals surface area contributed by atoms with Crippen molar-refractivity contribution < 1.29 is 38.9 Å². The monoisotopic (exact) mass is 639 g/mol. The molecule has 2 atom stereocenters. The van der Waals surface area contributed by atoms with Crippen LogP contribution in [0.3, 0.4) is 0 Å². The van der Waals surface area contributed by atoms with E-state index in [4.69, 9.17) is 28.4 Å². The van der Waals surface area contributed by atoms with Crippen LogP contribution in [0.4, 0.5) is 0 Å². The molecule has 2 unspecified atom stereocenters. The number of hydrogen-bond acceptors (Lipinski definition) is 7. The molecule has 8 nitrogen and oxygen atoms in total. The van der Waals surface area contributed by atoms with Crippen LogP contribution >= 0.6 is 0 Å². The largest absolute Gasteiger partial charge is 0.496 e. The SMILES string of the molecule is CCC(C)(CC)OC.CCC(C)OC.CCCCOC.CCCOC.CCOC.COCC(C)[NH3+].COc1ccccc1C. The Morgan fingerprint density at radius 1 is 0.727 bits per heavy atom. The fourth-order valence-corrected chi connectivity index (χ4v) is 2.27. The molecule has 0 aromatic heterocycles. The number of benzene rings is 1. The summed E-state index contributed by atoms with van der Waals surface area (Å²) in [6.45, 7) is 24.2. The number of hydrogen-bond donors (Lipinski definition) is 1. The number of unbranched alkanes of at least 4 members (excludes halogenated alkanes) is 1. The average molecular weight is 639 g/mol. The maximum Gasteiger partial charge on any atom is 0.121 e. The van der Waals surface area contributed by atoms with E-state index in [1.807, 2.05) is 45.0 Å². The van der Waals surface area contributed by atoms with Crippen molar-refractivity contribution in [2.24, 2.45) is 0 Å². The summed E-state index contributed by atoms with van der Waals surface area (Å²) in [5.74, 6) is 0.956. The van der Waals surface area contributed by atoms with Gasteiger partial charge in [-0.2, -0.15) is 0 Å². The minimum atomic E-state index is 0.125. The standard InChI is InChI=1S/C8H10O.C7H16O.2C5H12O.C4H11NO.C4H10O.C3H8O/c1-7-5-3-4-6-8(7)9-2;1-5-7(3,6-2)8-4;1-4-5(2)6-3;1-3-4-5-6-2;1-4(5)3-6-2;1-3-4-5-2;1-3-4-2/h3-6H,1-2H3;5-6H2,1-4H3;5H,4H2,1-3H3;3-5H2,1-2H3;4H,3,5H2,1-2H3;3-4H2,1-2H3;3H2,1-2H3/p+1. The van der Waals surface area contributed by atoms with E-state index in [0.717, 1.165) is 57.9 Å². The fourth-order valence-electron chi connectivity index (χ4n) is 2.27. The first-order chi connectivity index (χ1) is 20.8. The Labute approximate surface area is 276 Å². The van der Waals surface area contributed by atoms with Crippen molar-refractivity contribution >= 4 is 0 Å². The van der Waals surface area contributed by atoms with E-state index in [9.17, 15) is 0 Å². The third kappa shape index (κ3) is 56.5. The highest BCUT2D eigenvalue weighted by atomic mass is 16.5. The molecule has 0 spiro atoms. The highest BCUT2D eigenvalue weighted by Crippen LogP contribution is 2.17. The van der Waals surface area contributed by atoms with Gasteiger partial charge in [-0.15, -0.1) is 0 Å². The Hall–Kier alpha value is -1.26. The van der Waals surface area contributed by atoms with E-state index < -0.39 is 0 Å². The van der Waals surface area contributed by atoms with E-state index in [0.29, 0.717) is 12.1 Å². The van der Waals surface area contributed by atoms with Crippen LogP contribution in [0, 0.1) is 6.92 Å². The zero-order valence-electron chi connectivity index (χ0n) is 32.6. The molecule has 3 N–H and O–H groups in total. The molecule has 270 valence electrons. The lowest BCUT2D eigenvalue weighted by atomic mass is 10.0. The molecule has 0 aliphatic rings. The van der Waals surface area contributed by atoms with Crippen LogP contribution in [0.25, 0.3) is 0 Å². The maximum absolute atomic E-state index is 5.24. The van der Waals surface area contributed by atoms with Gasteiger partial charge in [-0.1, -0.05) is 59.2 Å². The number of rotatable bonds is 14. The van der Waals surface area contributed by atoms with Gasteiger partial charge in [0.15, 0.2) is 0 Å². The van der Waals surface area contributed by atoms with Gasteiger partial charge in [-0.05, 0) is 78.4 Å². The van der Waals surface area contributed by atoms with Crippen molar-refractivity contribution in [1.82, 2.24) is 0 Å². The normalized spacial score (nSPS) is 10.9. The van der Waals surface area contributed by atoms with E-state index >= 15 is 0 Å². The molecule has 0 heterocycles. The maximum atomic E-state index is 5.24. The van der Waals surface area contributed by atoms with Gasteiger partial charge in [0.1, 0.15) is 11.8 Å². The van der Waals surface area contributed by atoms with Crippen molar-refractivity contribution in [1.29, 1.82) is 0 Å². The third-order valence-electron chi connectivity index (χ3n) is 6.13. The first-order valence-corrected chi connectivity index (χ1v) is 16.3. The molecule has 0 saturated carbocycles. The van der Waals surface area contributed by atoms with E-state index in [1.54, 1.807) is 49.8 Å². The molecule has 0 aliphatic heterocycles. The first-order valence-electron chi connectivity index (χ1n) is 16.3. The van der Waals surface area contributed by atoms with Crippen LogP contribution < -0.4 is 10.5 Å². The summed E-state index contributed by atoms with van der Waals surface area (Å²) in [5.41, 5.74) is 5.01. The van der Waals surface area contributed by atoms with Gasteiger partial charge in [0, 0.05) is 62.5 Å². The average Bonchev–Trinajstić information content (AvgIpc) is 3.05. The van der Waals surface area contributed by atoms with Crippen molar-refractivity contribution in [3.05, 3.63) is 29.8 Å². The minimum absolute atomic E-state index is 0.125. The Morgan fingerprint density at radius 3 is 1.34 bits per heavy atom. The first kappa shape index (κ1) is 55.2. The summed E-state index contributed by atoms with van der Waals surface area (Å²) in [5, 5.41) is 0. The number of methoxy groups -OCH3 is 7. The Bertz CT molecular complexity index is 565. The van der Waals surface area contributed by atoms with Crippen molar-refractivity contribution in [2.45, 2.75) is 126 Å². The van der Waals surface area contributed by atoms with Crippen molar-refractivity contribution in [3.8, 4) is 5.75 Å². The summed E-state index contributed by atoms with van der Waals surface area (Å²) in [6.07, 6.45) is 7.28. The summed E-state index contributed by atoms with van der Waals surface area (Å²) < 4.78 is 33.9. The lowest BCUT2D eigenvalue weighted by Crippen LogP contribution is -2.61. The highest BCUT2D eigenvalue weighted by molar-refractivity contribution is 5.31. The van der Waals surface area contributed by atoms with Crippen molar-refractivity contribution in [3.63, 3.8) is 0 Å². The van der Waals surface area contributed by atoms with E-state index in [2.05, 4.69) is 58.9 Å². The second-order valence-corrected chi connectivity index (χ2v) is 10.3. The number of ether oxygens (including phenoxy) is 7. The number of para-hydroxylation sites is 1.